The van der Waals surface area contributed by atoms with Crippen LogP contribution in [0, 0.1) is 12.7 Å². The van der Waals surface area contributed by atoms with Gasteiger partial charge in [-0.2, -0.15) is 0 Å². The molecule has 2 aromatic carbocycles. The van der Waals surface area contributed by atoms with Crippen molar-refractivity contribution in [3.8, 4) is 22.9 Å². The van der Waals surface area contributed by atoms with Crippen LogP contribution in [0.15, 0.2) is 54.9 Å². The standard InChI is InChI=1S/C30H33F3N6O3S/c1-18-6-7-21-22(8-9-24(32)26(21)39-43(40,41)14-11-30(2,3)33)27(18)42-28-23(5-4-12-35-28)25-10-13-36-29(38-25)37-20-15-19(31)16-34-17-20/h4-10,12-13,19-20,34,39H,11,14-17H2,1-3H3,(H,36,37,38)/t19-,20-/m1/s1. The number of anilines is 2. The first-order chi connectivity index (χ1) is 20.4. The fourth-order valence-corrected chi connectivity index (χ4v) is 6.18. The SMILES string of the molecule is Cc1ccc2c(NS(=O)(=O)CCC(C)(C)F)c(F)ccc2c1Oc1ncccc1-c1ccnc(N[C@H]2CNC[C@H](F)C2)n1. The van der Waals surface area contributed by atoms with Crippen molar-refractivity contribution in [2.24, 2.45) is 0 Å². The van der Waals surface area contributed by atoms with Crippen LogP contribution in [0.1, 0.15) is 32.3 Å². The van der Waals surface area contributed by atoms with Gasteiger partial charge < -0.3 is 15.4 Å². The molecule has 0 spiro atoms. The van der Waals surface area contributed by atoms with Gasteiger partial charge in [0.2, 0.25) is 21.9 Å². The van der Waals surface area contributed by atoms with Crippen LogP contribution in [-0.4, -0.2) is 60.1 Å². The molecule has 2 aromatic heterocycles. The average molecular weight is 615 g/mol. The van der Waals surface area contributed by atoms with E-state index in [9.17, 15) is 21.6 Å². The minimum atomic E-state index is -4.05. The van der Waals surface area contributed by atoms with Crippen molar-refractivity contribution in [3.05, 3.63) is 66.2 Å². The molecule has 3 heterocycles. The molecule has 1 saturated heterocycles. The molecular weight excluding hydrogens is 581 g/mol. The minimum absolute atomic E-state index is 0.169. The van der Waals surface area contributed by atoms with Gasteiger partial charge in [-0.3, -0.25) is 4.72 Å². The lowest BCUT2D eigenvalue weighted by molar-refractivity contribution is 0.211. The number of aryl methyl sites for hydroxylation is 1. The van der Waals surface area contributed by atoms with Gasteiger partial charge in [-0.05, 0) is 63.1 Å². The first-order valence-electron chi connectivity index (χ1n) is 13.9. The van der Waals surface area contributed by atoms with Gasteiger partial charge in [0.1, 0.15) is 23.4 Å². The summed E-state index contributed by atoms with van der Waals surface area (Å²) in [5, 5.41) is 6.92. The van der Waals surface area contributed by atoms with Crippen molar-refractivity contribution in [2.45, 2.75) is 51.5 Å². The number of nitrogens with one attached hydrogen (secondary N) is 3. The third-order valence-corrected chi connectivity index (χ3v) is 8.31. The van der Waals surface area contributed by atoms with Crippen molar-refractivity contribution in [3.63, 3.8) is 0 Å². The zero-order valence-corrected chi connectivity index (χ0v) is 24.8. The van der Waals surface area contributed by atoms with Gasteiger partial charge in [0, 0.05) is 48.7 Å². The summed E-state index contributed by atoms with van der Waals surface area (Å²) < 4.78 is 76.9. The second-order valence-corrected chi connectivity index (χ2v) is 13.0. The first kappa shape index (κ1) is 30.5. The van der Waals surface area contributed by atoms with Gasteiger partial charge >= 0.3 is 0 Å². The lowest BCUT2D eigenvalue weighted by Gasteiger charge is -2.26. The third-order valence-electron chi connectivity index (χ3n) is 7.05. The topological polar surface area (TPSA) is 118 Å². The molecule has 0 unspecified atom stereocenters. The molecule has 228 valence electrons. The van der Waals surface area contributed by atoms with Gasteiger partial charge in [0.25, 0.3) is 0 Å². The van der Waals surface area contributed by atoms with Gasteiger partial charge in [0.05, 0.1) is 22.7 Å². The molecule has 5 rings (SSSR count). The van der Waals surface area contributed by atoms with E-state index in [1.807, 2.05) is 0 Å². The highest BCUT2D eigenvalue weighted by Crippen LogP contribution is 2.39. The van der Waals surface area contributed by atoms with Crippen molar-refractivity contribution >= 4 is 32.4 Å². The van der Waals surface area contributed by atoms with E-state index < -0.39 is 33.4 Å². The zero-order valence-electron chi connectivity index (χ0n) is 24.0. The van der Waals surface area contributed by atoms with Crippen LogP contribution in [0.3, 0.4) is 0 Å². The second kappa shape index (κ2) is 12.3. The number of sulfonamides is 1. The molecule has 0 bridgehead atoms. The molecule has 9 nitrogen and oxygen atoms in total. The van der Waals surface area contributed by atoms with E-state index in [-0.39, 0.29) is 29.4 Å². The van der Waals surface area contributed by atoms with Crippen LogP contribution >= 0.6 is 0 Å². The van der Waals surface area contributed by atoms with Crippen molar-refractivity contribution in [1.82, 2.24) is 20.3 Å². The number of hydrogen-bond acceptors (Lipinski definition) is 8. The van der Waals surface area contributed by atoms with Crippen molar-refractivity contribution in [2.75, 3.05) is 28.9 Å². The molecule has 1 fully saturated rings. The number of hydrogen-bond donors (Lipinski definition) is 3. The van der Waals surface area contributed by atoms with E-state index in [4.69, 9.17) is 4.74 Å². The van der Waals surface area contributed by atoms with Crippen LogP contribution in [0.4, 0.5) is 24.8 Å². The molecule has 0 aliphatic carbocycles. The Hall–Kier alpha value is -3.97. The number of pyridine rings is 1. The molecule has 0 radical (unpaired) electrons. The highest BCUT2D eigenvalue weighted by Gasteiger charge is 2.24. The second-order valence-electron chi connectivity index (χ2n) is 11.2. The van der Waals surface area contributed by atoms with E-state index in [2.05, 4.69) is 30.3 Å². The highest BCUT2D eigenvalue weighted by atomic mass is 32.2. The summed E-state index contributed by atoms with van der Waals surface area (Å²) in [6.45, 7) is 5.28. The maximum absolute atomic E-state index is 15.0. The lowest BCUT2D eigenvalue weighted by Crippen LogP contribution is -2.44. The van der Waals surface area contributed by atoms with Crippen LogP contribution in [0.5, 0.6) is 11.6 Å². The molecule has 4 aromatic rings. The van der Waals surface area contributed by atoms with E-state index in [1.54, 1.807) is 49.6 Å². The smallest absolute Gasteiger partial charge is 0.232 e. The molecule has 1 aliphatic heterocycles. The van der Waals surface area contributed by atoms with Crippen LogP contribution in [-0.2, 0) is 10.0 Å². The quantitative estimate of drug-likeness (QED) is 0.201. The van der Waals surface area contributed by atoms with Gasteiger partial charge in [-0.1, -0.05) is 12.1 Å². The molecule has 13 heteroatoms. The number of ether oxygens (including phenoxy) is 1. The Balaban J connectivity index is 1.47. The van der Waals surface area contributed by atoms with Gasteiger partial charge in [-0.15, -0.1) is 0 Å². The predicted molar refractivity (Wildman–Crippen MR) is 161 cm³/mol. The Morgan fingerprint density at radius 2 is 1.86 bits per heavy atom. The van der Waals surface area contributed by atoms with Gasteiger partial charge in [0.15, 0.2) is 0 Å². The van der Waals surface area contributed by atoms with Crippen LogP contribution in [0.2, 0.25) is 0 Å². The number of rotatable bonds is 10. The highest BCUT2D eigenvalue weighted by molar-refractivity contribution is 7.92. The summed E-state index contributed by atoms with van der Waals surface area (Å²) in [6.07, 6.45) is 2.27. The fraction of sp³-hybridized carbons (Fsp3) is 0.367. The largest absolute Gasteiger partial charge is 0.437 e. The van der Waals surface area contributed by atoms with E-state index in [0.717, 1.165) is 6.07 Å². The molecule has 2 atom stereocenters. The molecule has 0 saturated carbocycles. The number of piperidine rings is 1. The lowest BCUT2D eigenvalue weighted by atomic mass is 10.0. The Morgan fingerprint density at radius 1 is 1.07 bits per heavy atom. The fourth-order valence-electron chi connectivity index (χ4n) is 4.81. The number of fused-ring (bicyclic) bond motifs is 1. The monoisotopic (exact) mass is 614 g/mol. The summed E-state index contributed by atoms with van der Waals surface area (Å²) in [5.74, 6) is -0.407. The van der Waals surface area contributed by atoms with Crippen LogP contribution in [0.25, 0.3) is 22.0 Å². The Bertz CT molecular complexity index is 1730. The van der Waals surface area contributed by atoms with E-state index >= 15 is 0 Å². The number of aromatic nitrogens is 3. The van der Waals surface area contributed by atoms with Crippen molar-refractivity contribution in [1.29, 1.82) is 0 Å². The van der Waals surface area contributed by atoms with Gasteiger partial charge in [-0.25, -0.2) is 36.5 Å². The van der Waals surface area contributed by atoms with E-state index in [1.165, 1.54) is 19.9 Å². The Morgan fingerprint density at radius 3 is 2.63 bits per heavy atom. The molecule has 3 N–H and O–H groups in total. The third kappa shape index (κ3) is 7.52. The molecular formula is C30H33F3N6O3S. The van der Waals surface area contributed by atoms with E-state index in [0.29, 0.717) is 53.4 Å². The Kier molecular flexibility index (Phi) is 8.74. The number of benzene rings is 2. The summed E-state index contributed by atoms with van der Waals surface area (Å²) in [4.78, 5) is 13.3. The summed E-state index contributed by atoms with van der Waals surface area (Å²) in [6, 6.07) is 11.0. The molecule has 0 amide bonds. The van der Waals surface area contributed by atoms with Crippen molar-refractivity contribution < 1.29 is 26.3 Å². The maximum atomic E-state index is 15.0. The van der Waals surface area contributed by atoms with Crippen LogP contribution < -0.4 is 20.1 Å². The normalized spacial score (nSPS) is 17.5. The zero-order chi connectivity index (χ0) is 30.8. The maximum Gasteiger partial charge on any atom is 0.232 e. The summed E-state index contributed by atoms with van der Waals surface area (Å²) >= 11 is 0. The predicted octanol–water partition coefficient (Wildman–Crippen LogP) is 5.92. The first-order valence-corrected chi connectivity index (χ1v) is 15.5. The number of alkyl halides is 2. The summed E-state index contributed by atoms with van der Waals surface area (Å²) in [7, 11) is -4.05. The number of nitrogens with zero attached hydrogens (tertiary/aromatic N) is 3. The summed E-state index contributed by atoms with van der Waals surface area (Å²) in [5.41, 5.74) is -0.199. The Labute approximate surface area is 248 Å². The molecule has 43 heavy (non-hydrogen) atoms. The molecule has 1 aliphatic rings. The average Bonchev–Trinajstić information content (AvgIpc) is 2.95. The number of halogens is 3. The minimum Gasteiger partial charge on any atom is -0.437 e.